The van der Waals surface area contributed by atoms with Crippen LogP contribution in [0, 0.1) is 5.82 Å². The molecule has 7 heteroatoms. The van der Waals surface area contributed by atoms with Crippen LogP contribution in [0.2, 0.25) is 0 Å². The predicted octanol–water partition coefficient (Wildman–Crippen LogP) is 2.86. The van der Waals surface area contributed by atoms with Gasteiger partial charge in [-0.3, -0.25) is 9.59 Å². The van der Waals surface area contributed by atoms with Crippen molar-refractivity contribution in [2.45, 2.75) is 6.42 Å². The van der Waals surface area contributed by atoms with E-state index in [1.807, 2.05) is 0 Å². The number of nitrogens with one attached hydrogen (secondary N) is 1. The van der Waals surface area contributed by atoms with Crippen molar-refractivity contribution < 1.29 is 23.1 Å². The van der Waals surface area contributed by atoms with Crippen LogP contribution in [0.25, 0.3) is 11.0 Å². The molecule has 0 aliphatic heterocycles. The standard InChI is InChI=1S/C18H15FN2O4/c1-24-12-4-2-3-10(7-12)8-15(22)21-16-13-9-11(19)5-6-14(13)25-17(16)18(20)23/h2-7,9H,8H2,1H3,(H2,20,23)(H,21,22). The minimum Gasteiger partial charge on any atom is -0.497 e. The van der Waals surface area contributed by atoms with Crippen molar-refractivity contribution in [2.24, 2.45) is 5.73 Å². The van der Waals surface area contributed by atoms with Crippen molar-refractivity contribution in [2.75, 3.05) is 12.4 Å². The van der Waals surface area contributed by atoms with E-state index in [0.717, 1.165) is 5.56 Å². The van der Waals surface area contributed by atoms with Crippen molar-refractivity contribution in [3.63, 3.8) is 0 Å². The summed E-state index contributed by atoms with van der Waals surface area (Å²) in [5, 5.41) is 2.86. The molecule has 2 amide bonds. The number of ether oxygens (including phenoxy) is 1. The third-order valence-corrected chi connectivity index (χ3v) is 3.64. The van der Waals surface area contributed by atoms with Crippen LogP contribution in [0.4, 0.5) is 10.1 Å². The Morgan fingerprint density at radius 2 is 2.04 bits per heavy atom. The molecule has 0 aliphatic rings. The summed E-state index contributed by atoms with van der Waals surface area (Å²) in [5.41, 5.74) is 6.33. The van der Waals surface area contributed by atoms with Crippen molar-refractivity contribution >= 4 is 28.5 Å². The predicted molar refractivity (Wildman–Crippen MR) is 90.0 cm³/mol. The maximum absolute atomic E-state index is 13.5. The Hall–Kier alpha value is -3.35. The van der Waals surface area contributed by atoms with E-state index in [0.29, 0.717) is 5.75 Å². The average Bonchev–Trinajstić information content (AvgIpc) is 2.93. The lowest BCUT2D eigenvalue weighted by Crippen LogP contribution is -2.18. The van der Waals surface area contributed by atoms with Crippen LogP contribution in [0.3, 0.4) is 0 Å². The van der Waals surface area contributed by atoms with Gasteiger partial charge in [-0.1, -0.05) is 12.1 Å². The molecule has 0 aliphatic carbocycles. The van der Waals surface area contributed by atoms with Gasteiger partial charge in [0.1, 0.15) is 22.8 Å². The molecule has 0 spiro atoms. The normalized spacial score (nSPS) is 10.6. The van der Waals surface area contributed by atoms with E-state index in [9.17, 15) is 14.0 Å². The van der Waals surface area contributed by atoms with Crippen molar-refractivity contribution in [3.05, 3.63) is 59.6 Å². The number of carbonyl (C=O) groups is 2. The van der Waals surface area contributed by atoms with Crippen molar-refractivity contribution in [1.82, 2.24) is 0 Å². The first-order chi connectivity index (χ1) is 12.0. The highest BCUT2D eigenvalue weighted by Gasteiger charge is 2.21. The lowest BCUT2D eigenvalue weighted by Gasteiger charge is -2.06. The fourth-order valence-electron chi connectivity index (χ4n) is 2.52. The molecular weight excluding hydrogens is 327 g/mol. The highest BCUT2D eigenvalue weighted by atomic mass is 19.1. The number of hydrogen-bond donors (Lipinski definition) is 2. The third kappa shape index (κ3) is 3.45. The zero-order chi connectivity index (χ0) is 18.0. The zero-order valence-corrected chi connectivity index (χ0v) is 13.3. The number of furan rings is 1. The molecule has 0 saturated carbocycles. The number of amides is 2. The fraction of sp³-hybridized carbons (Fsp3) is 0.111. The molecule has 25 heavy (non-hydrogen) atoms. The summed E-state index contributed by atoms with van der Waals surface area (Å²) >= 11 is 0. The molecule has 0 unspecified atom stereocenters. The summed E-state index contributed by atoms with van der Waals surface area (Å²) in [6, 6.07) is 10.8. The van der Waals surface area contributed by atoms with E-state index in [-0.39, 0.29) is 28.8 Å². The Balaban J connectivity index is 1.90. The van der Waals surface area contributed by atoms with Gasteiger partial charge in [-0.15, -0.1) is 0 Å². The smallest absolute Gasteiger partial charge is 0.286 e. The van der Waals surface area contributed by atoms with Crippen molar-refractivity contribution in [3.8, 4) is 5.75 Å². The summed E-state index contributed by atoms with van der Waals surface area (Å²) in [6.45, 7) is 0. The fourth-order valence-corrected chi connectivity index (χ4v) is 2.52. The summed E-state index contributed by atoms with van der Waals surface area (Å²) in [4.78, 5) is 23.9. The number of carbonyl (C=O) groups excluding carboxylic acids is 2. The van der Waals surface area contributed by atoms with Gasteiger partial charge < -0.3 is 20.2 Å². The zero-order valence-electron chi connectivity index (χ0n) is 13.3. The van der Waals surface area contributed by atoms with Crippen LogP contribution in [0.5, 0.6) is 5.75 Å². The Morgan fingerprint density at radius 3 is 2.76 bits per heavy atom. The number of rotatable bonds is 5. The number of anilines is 1. The molecule has 0 fully saturated rings. The number of hydrogen-bond acceptors (Lipinski definition) is 4. The molecule has 0 radical (unpaired) electrons. The highest BCUT2D eigenvalue weighted by molar-refractivity contribution is 6.10. The number of methoxy groups -OCH3 is 1. The van der Waals surface area contributed by atoms with Gasteiger partial charge in [0.2, 0.25) is 11.7 Å². The minimum absolute atomic E-state index is 0.0391. The van der Waals surface area contributed by atoms with E-state index in [2.05, 4.69) is 5.32 Å². The van der Waals surface area contributed by atoms with Gasteiger partial charge in [0.25, 0.3) is 5.91 Å². The van der Waals surface area contributed by atoms with Crippen LogP contribution in [-0.2, 0) is 11.2 Å². The number of benzene rings is 2. The molecule has 1 heterocycles. The van der Waals surface area contributed by atoms with Gasteiger partial charge in [0.15, 0.2) is 0 Å². The number of halogens is 1. The molecule has 2 aromatic carbocycles. The number of nitrogens with two attached hydrogens (primary N) is 1. The van der Waals surface area contributed by atoms with E-state index in [1.165, 1.54) is 25.3 Å². The highest BCUT2D eigenvalue weighted by Crippen LogP contribution is 2.31. The van der Waals surface area contributed by atoms with Gasteiger partial charge in [-0.2, -0.15) is 0 Å². The van der Waals surface area contributed by atoms with Crippen LogP contribution in [0.15, 0.2) is 46.9 Å². The Bertz CT molecular complexity index is 965. The first-order valence-electron chi connectivity index (χ1n) is 7.42. The second-order valence-electron chi connectivity index (χ2n) is 5.39. The molecule has 3 N–H and O–H groups in total. The van der Waals surface area contributed by atoms with Crippen LogP contribution >= 0.6 is 0 Å². The van der Waals surface area contributed by atoms with Crippen LogP contribution in [-0.4, -0.2) is 18.9 Å². The first kappa shape index (κ1) is 16.5. The lowest BCUT2D eigenvalue weighted by molar-refractivity contribution is -0.115. The van der Waals surface area contributed by atoms with Gasteiger partial charge in [-0.05, 0) is 35.9 Å². The summed E-state index contributed by atoms with van der Waals surface area (Å²) in [5.74, 6) is -1.37. The first-order valence-corrected chi connectivity index (χ1v) is 7.42. The third-order valence-electron chi connectivity index (χ3n) is 3.64. The Labute approximate surface area is 142 Å². The van der Waals surface area contributed by atoms with Gasteiger partial charge in [0.05, 0.1) is 13.5 Å². The quantitative estimate of drug-likeness (QED) is 0.745. The molecule has 0 bridgehead atoms. The van der Waals surface area contributed by atoms with E-state index >= 15 is 0 Å². The molecule has 128 valence electrons. The van der Waals surface area contributed by atoms with Crippen molar-refractivity contribution in [1.29, 1.82) is 0 Å². The summed E-state index contributed by atoms with van der Waals surface area (Å²) in [7, 11) is 1.53. The molecule has 1 aromatic heterocycles. The Morgan fingerprint density at radius 1 is 1.24 bits per heavy atom. The molecule has 3 rings (SSSR count). The van der Waals surface area contributed by atoms with E-state index in [1.54, 1.807) is 24.3 Å². The maximum atomic E-state index is 13.5. The monoisotopic (exact) mass is 342 g/mol. The topological polar surface area (TPSA) is 94.6 Å². The molecule has 0 saturated heterocycles. The largest absolute Gasteiger partial charge is 0.497 e. The average molecular weight is 342 g/mol. The summed E-state index contributed by atoms with van der Waals surface area (Å²) < 4.78 is 24.0. The summed E-state index contributed by atoms with van der Waals surface area (Å²) in [6.07, 6.45) is 0.0391. The van der Waals surface area contributed by atoms with Gasteiger partial charge >= 0.3 is 0 Å². The van der Waals surface area contributed by atoms with E-state index < -0.39 is 17.6 Å². The molecule has 6 nitrogen and oxygen atoms in total. The Kier molecular flexibility index (Phi) is 4.38. The number of primary amides is 1. The van der Waals surface area contributed by atoms with Gasteiger partial charge in [0, 0.05) is 5.39 Å². The maximum Gasteiger partial charge on any atom is 0.286 e. The molecular formula is C18H15FN2O4. The second-order valence-corrected chi connectivity index (χ2v) is 5.39. The second kappa shape index (κ2) is 6.64. The number of fused-ring (bicyclic) bond motifs is 1. The molecule has 3 aromatic rings. The lowest BCUT2D eigenvalue weighted by atomic mass is 10.1. The minimum atomic E-state index is -0.853. The van der Waals surface area contributed by atoms with Crippen LogP contribution in [0.1, 0.15) is 16.1 Å². The van der Waals surface area contributed by atoms with E-state index in [4.69, 9.17) is 14.9 Å². The van der Waals surface area contributed by atoms with Gasteiger partial charge in [-0.25, -0.2) is 4.39 Å². The van der Waals surface area contributed by atoms with Crippen LogP contribution < -0.4 is 15.8 Å². The SMILES string of the molecule is COc1cccc(CC(=O)Nc2c(C(N)=O)oc3ccc(F)cc23)c1. The molecule has 0 atom stereocenters.